The number of aryl methyl sites for hydroxylation is 1. The zero-order chi connectivity index (χ0) is 25.2. The maximum absolute atomic E-state index is 13.8. The summed E-state index contributed by atoms with van der Waals surface area (Å²) in [6.45, 7) is 5.75. The van der Waals surface area contributed by atoms with E-state index in [0.29, 0.717) is 28.7 Å². The summed E-state index contributed by atoms with van der Waals surface area (Å²) >= 11 is 16.0. The molecule has 7 heteroatoms. The van der Waals surface area contributed by atoms with Gasteiger partial charge in [-0.25, -0.2) is 4.98 Å². The first-order valence-electron chi connectivity index (χ1n) is 12.1. The maximum Gasteiger partial charge on any atom is 0.254 e. The van der Waals surface area contributed by atoms with Crippen molar-refractivity contribution in [2.24, 2.45) is 0 Å². The van der Waals surface area contributed by atoms with Gasteiger partial charge in [-0.1, -0.05) is 76.4 Å². The molecule has 2 heterocycles. The highest BCUT2D eigenvalue weighted by atomic mass is 79.9. The Morgan fingerprint density at radius 2 is 1.69 bits per heavy atom. The van der Waals surface area contributed by atoms with Gasteiger partial charge in [-0.05, 0) is 53.9 Å². The molecule has 1 aromatic heterocycles. The van der Waals surface area contributed by atoms with Crippen LogP contribution in [0.25, 0.3) is 22.2 Å². The Morgan fingerprint density at radius 1 is 0.944 bits per heavy atom. The van der Waals surface area contributed by atoms with Crippen LogP contribution in [0.2, 0.25) is 10.0 Å². The number of benzene rings is 3. The molecular formula is C29H26BrCl2N3O. The minimum absolute atomic E-state index is 0.0381. The number of piperazine rings is 1. The van der Waals surface area contributed by atoms with Crippen molar-refractivity contribution in [3.8, 4) is 11.3 Å². The molecule has 1 saturated heterocycles. The van der Waals surface area contributed by atoms with Gasteiger partial charge in [0.1, 0.15) is 0 Å². The fraction of sp³-hybridized carbons (Fsp3) is 0.241. The van der Waals surface area contributed by atoms with Crippen LogP contribution in [0.4, 0.5) is 0 Å². The predicted molar refractivity (Wildman–Crippen MR) is 152 cm³/mol. The van der Waals surface area contributed by atoms with E-state index in [0.717, 1.165) is 58.3 Å². The fourth-order valence-corrected chi connectivity index (χ4v) is 5.43. The first-order valence-corrected chi connectivity index (χ1v) is 13.6. The lowest BCUT2D eigenvalue weighted by Gasteiger charge is -2.35. The van der Waals surface area contributed by atoms with Gasteiger partial charge in [-0.2, -0.15) is 0 Å². The maximum atomic E-state index is 13.8. The number of aromatic nitrogens is 1. The second kappa shape index (κ2) is 10.9. The Hall–Kier alpha value is -2.44. The average molecular weight is 583 g/mol. The van der Waals surface area contributed by atoms with Gasteiger partial charge in [0.25, 0.3) is 5.91 Å². The Balaban J connectivity index is 1.39. The van der Waals surface area contributed by atoms with Crippen molar-refractivity contribution in [2.45, 2.75) is 19.9 Å². The molecule has 1 aliphatic heterocycles. The molecule has 0 unspecified atom stereocenters. The molecule has 4 nitrogen and oxygen atoms in total. The minimum Gasteiger partial charge on any atom is -0.336 e. The molecule has 0 atom stereocenters. The lowest BCUT2D eigenvalue weighted by atomic mass is 10.0. The highest BCUT2D eigenvalue weighted by Gasteiger charge is 2.25. The lowest BCUT2D eigenvalue weighted by molar-refractivity contribution is 0.0630. The van der Waals surface area contributed by atoms with Crippen LogP contribution in [0, 0.1) is 0 Å². The SMILES string of the molecule is CCc1ccc(-c2cc(C(=O)N3CCN(Cc4ccc(Cl)cc4Cl)CC3)c3cc(Br)ccc3n2)cc1. The normalized spacial score (nSPS) is 14.4. The predicted octanol–water partition coefficient (Wildman–Crippen LogP) is 7.49. The van der Waals surface area contributed by atoms with Crippen molar-refractivity contribution in [2.75, 3.05) is 26.2 Å². The molecule has 3 aromatic carbocycles. The van der Waals surface area contributed by atoms with Crippen molar-refractivity contribution in [3.63, 3.8) is 0 Å². The second-order valence-corrected chi connectivity index (χ2v) is 10.8. The van der Waals surface area contributed by atoms with Crippen LogP contribution in [0.1, 0.15) is 28.4 Å². The lowest BCUT2D eigenvalue weighted by Crippen LogP contribution is -2.48. The first kappa shape index (κ1) is 25.2. The third-order valence-electron chi connectivity index (χ3n) is 6.73. The molecule has 5 rings (SSSR count). The molecule has 0 aliphatic carbocycles. The van der Waals surface area contributed by atoms with Crippen LogP contribution >= 0.6 is 39.1 Å². The largest absolute Gasteiger partial charge is 0.336 e. The van der Waals surface area contributed by atoms with E-state index in [1.165, 1.54) is 5.56 Å². The molecule has 184 valence electrons. The molecular weight excluding hydrogens is 557 g/mol. The van der Waals surface area contributed by atoms with Crippen molar-refractivity contribution in [1.82, 2.24) is 14.8 Å². The van der Waals surface area contributed by atoms with Gasteiger partial charge in [0.05, 0.1) is 16.8 Å². The number of amides is 1. The number of carbonyl (C=O) groups is 1. The number of hydrogen-bond acceptors (Lipinski definition) is 3. The molecule has 4 aromatic rings. The van der Waals surface area contributed by atoms with E-state index in [1.54, 1.807) is 6.07 Å². The van der Waals surface area contributed by atoms with Gasteiger partial charge in [0.15, 0.2) is 0 Å². The highest BCUT2D eigenvalue weighted by molar-refractivity contribution is 9.10. The Bertz CT molecular complexity index is 1420. The van der Waals surface area contributed by atoms with E-state index in [-0.39, 0.29) is 5.91 Å². The Morgan fingerprint density at radius 3 is 2.39 bits per heavy atom. The molecule has 0 N–H and O–H groups in total. The van der Waals surface area contributed by atoms with Crippen LogP contribution in [0.15, 0.2) is 71.2 Å². The number of pyridine rings is 1. The van der Waals surface area contributed by atoms with Crippen molar-refractivity contribution < 1.29 is 4.79 Å². The zero-order valence-corrected chi connectivity index (χ0v) is 23.1. The van der Waals surface area contributed by atoms with E-state index in [2.05, 4.69) is 52.0 Å². The molecule has 1 aliphatic rings. The summed E-state index contributed by atoms with van der Waals surface area (Å²) in [5, 5.41) is 2.17. The summed E-state index contributed by atoms with van der Waals surface area (Å²) in [5.41, 5.74) is 5.64. The van der Waals surface area contributed by atoms with Crippen molar-refractivity contribution in [3.05, 3.63) is 97.9 Å². The van der Waals surface area contributed by atoms with Gasteiger partial charge in [0, 0.05) is 58.2 Å². The fourth-order valence-electron chi connectivity index (χ4n) is 4.60. The summed E-state index contributed by atoms with van der Waals surface area (Å²) in [4.78, 5) is 22.9. The summed E-state index contributed by atoms with van der Waals surface area (Å²) in [5.74, 6) is 0.0381. The van der Waals surface area contributed by atoms with Crippen LogP contribution in [-0.4, -0.2) is 46.9 Å². The molecule has 0 radical (unpaired) electrons. The van der Waals surface area contributed by atoms with E-state index in [4.69, 9.17) is 28.2 Å². The van der Waals surface area contributed by atoms with Crippen molar-refractivity contribution >= 4 is 55.9 Å². The van der Waals surface area contributed by atoms with E-state index in [9.17, 15) is 4.79 Å². The number of fused-ring (bicyclic) bond motifs is 1. The third kappa shape index (κ3) is 5.45. The molecule has 0 saturated carbocycles. The Kier molecular flexibility index (Phi) is 7.63. The number of halogens is 3. The van der Waals surface area contributed by atoms with Gasteiger partial charge in [0.2, 0.25) is 0 Å². The third-order valence-corrected chi connectivity index (χ3v) is 7.81. The van der Waals surface area contributed by atoms with Crippen molar-refractivity contribution in [1.29, 1.82) is 0 Å². The van der Waals surface area contributed by atoms with E-state index < -0.39 is 0 Å². The standard InChI is InChI=1S/C29H26BrCl2N3O/c1-2-19-3-5-20(6-4-19)28-17-25(24-15-22(30)8-10-27(24)33-28)29(36)35-13-11-34(12-14-35)18-21-7-9-23(31)16-26(21)32/h3-10,15-17H,2,11-14,18H2,1H3. The molecule has 0 spiro atoms. The smallest absolute Gasteiger partial charge is 0.254 e. The topological polar surface area (TPSA) is 36.4 Å². The van der Waals surface area contributed by atoms with Crippen LogP contribution in [0.5, 0.6) is 0 Å². The van der Waals surface area contributed by atoms with Crippen LogP contribution in [0.3, 0.4) is 0 Å². The number of carbonyl (C=O) groups excluding carboxylic acids is 1. The van der Waals surface area contributed by atoms with Gasteiger partial charge in [-0.15, -0.1) is 0 Å². The van der Waals surface area contributed by atoms with Crippen LogP contribution < -0.4 is 0 Å². The summed E-state index contributed by atoms with van der Waals surface area (Å²) in [7, 11) is 0. The van der Waals surface area contributed by atoms with Gasteiger partial charge >= 0.3 is 0 Å². The molecule has 1 amide bonds. The van der Waals surface area contributed by atoms with Gasteiger partial charge in [-0.3, -0.25) is 9.69 Å². The summed E-state index contributed by atoms with van der Waals surface area (Å²) < 4.78 is 0.926. The quantitative estimate of drug-likeness (QED) is 0.244. The van der Waals surface area contributed by atoms with Gasteiger partial charge < -0.3 is 4.90 Å². The molecule has 1 fully saturated rings. The van der Waals surface area contributed by atoms with Crippen LogP contribution in [-0.2, 0) is 13.0 Å². The van der Waals surface area contributed by atoms with E-state index >= 15 is 0 Å². The summed E-state index contributed by atoms with van der Waals surface area (Å²) in [6, 6.07) is 21.9. The number of nitrogens with zero attached hydrogens (tertiary/aromatic N) is 3. The minimum atomic E-state index is 0.0381. The van der Waals surface area contributed by atoms with E-state index in [1.807, 2.05) is 41.3 Å². The zero-order valence-electron chi connectivity index (χ0n) is 20.0. The number of hydrogen-bond donors (Lipinski definition) is 0. The Labute approximate surface area is 230 Å². The average Bonchev–Trinajstić information content (AvgIpc) is 2.90. The monoisotopic (exact) mass is 581 g/mol. The molecule has 36 heavy (non-hydrogen) atoms. The first-order chi connectivity index (χ1) is 17.4. The number of rotatable bonds is 5. The highest BCUT2D eigenvalue weighted by Crippen LogP contribution is 2.29. The molecule has 0 bridgehead atoms. The summed E-state index contributed by atoms with van der Waals surface area (Å²) in [6.07, 6.45) is 0.986. The second-order valence-electron chi connectivity index (χ2n) is 9.07.